The highest BCUT2D eigenvalue weighted by Gasteiger charge is 2.04. The number of benzene rings is 1. The summed E-state index contributed by atoms with van der Waals surface area (Å²) in [4.78, 5) is 3.70. The largest absolute Gasteiger partial charge is 0.492 e. The Bertz CT molecular complexity index is 509. The molecule has 0 unspecified atom stereocenters. The fourth-order valence-corrected chi connectivity index (χ4v) is 2.85. The molecule has 1 aromatic carbocycles. The van der Waals surface area contributed by atoms with Gasteiger partial charge in [0, 0.05) is 23.0 Å². The summed E-state index contributed by atoms with van der Waals surface area (Å²) in [7, 11) is 2.12. The number of thiophene rings is 1. The summed E-state index contributed by atoms with van der Waals surface area (Å²) >= 11 is 7.64. The average molecular weight is 296 g/mol. The highest BCUT2D eigenvalue weighted by atomic mass is 35.5. The van der Waals surface area contributed by atoms with E-state index < -0.39 is 0 Å². The minimum Gasteiger partial charge on any atom is -0.492 e. The zero-order chi connectivity index (χ0) is 13.7. The molecule has 102 valence electrons. The van der Waals surface area contributed by atoms with Gasteiger partial charge in [-0.2, -0.15) is 0 Å². The lowest BCUT2D eigenvalue weighted by atomic mass is 10.3. The Morgan fingerprint density at radius 2 is 1.95 bits per heavy atom. The fraction of sp³-hybridized carbons (Fsp3) is 0.333. The predicted octanol–water partition coefficient (Wildman–Crippen LogP) is 4.22. The maximum Gasteiger partial charge on any atom is 0.119 e. The lowest BCUT2D eigenvalue weighted by Crippen LogP contribution is -2.23. The van der Waals surface area contributed by atoms with Gasteiger partial charge in [0.2, 0.25) is 0 Å². The van der Waals surface area contributed by atoms with E-state index in [0.717, 1.165) is 23.9 Å². The van der Waals surface area contributed by atoms with E-state index in [2.05, 4.69) is 30.3 Å². The summed E-state index contributed by atoms with van der Waals surface area (Å²) in [6.45, 7) is 4.72. The molecule has 0 amide bonds. The van der Waals surface area contributed by atoms with Crippen LogP contribution in [0.1, 0.15) is 10.4 Å². The highest BCUT2D eigenvalue weighted by Crippen LogP contribution is 2.17. The van der Waals surface area contributed by atoms with Crippen LogP contribution in [-0.4, -0.2) is 25.1 Å². The number of hydrogen-bond donors (Lipinski definition) is 0. The van der Waals surface area contributed by atoms with Crippen molar-refractivity contribution in [1.29, 1.82) is 0 Å². The van der Waals surface area contributed by atoms with Gasteiger partial charge < -0.3 is 4.74 Å². The van der Waals surface area contributed by atoms with Crippen molar-refractivity contribution in [3.8, 4) is 5.75 Å². The molecule has 2 nitrogen and oxygen atoms in total. The van der Waals surface area contributed by atoms with E-state index in [-0.39, 0.29) is 0 Å². The summed E-state index contributed by atoms with van der Waals surface area (Å²) in [5.74, 6) is 0.866. The molecule has 0 fully saturated rings. The normalized spacial score (nSPS) is 10.9. The molecule has 19 heavy (non-hydrogen) atoms. The third-order valence-corrected chi connectivity index (χ3v) is 4.20. The smallest absolute Gasteiger partial charge is 0.119 e. The molecule has 1 heterocycles. The SMILES string of the molecule is Cc1ccsc1CN(C)CCOc1ccc(Cl)cc1. The van der Waals surface area contributed by atoms with Crippen LogP contribution in [0.3, 0.4) is 0 Å². The Morgan fingerprint density at radius 1 is 1.21 bits per heavy atom. The first kappa shape index (κ1) is 14.4. The maximum atomic E-state index is 5.83. The van der Waals surface area contributed by atoms with Crippen molar-refractivity contribution in [3.05, 3.63) is 51.2 Å². The number of likely N-dealkylation sites (N-methyl/N-ethyl adjacent to an activating group) is 1. The second kappa shape index (κ2) is 6.94. The Balaban J connectivity index is 1.73. The van der Waals surface area contributed by atoms with E-state index in [0.29, 0.717) is 6.61 Å². The first-order valence-corrected chi connectivity index (χ1v) is 7.51. The minimum atomic E-state index is 0.683. The molecule has 0 atom stereocenters. The molecule has 2 rings (SSSR count). The van der Waals surface area contributed by atoms with E-state index in [1.54, 1.807) is 0 Å². The zero-order valence-corrected chi connectivity index (χ0v) is 12.8. The van der Waals surface area contributed by atoms with Gasteiger partial charge >= 0.3 is 0 Å². The van der Waals surface area contributed by atoms with Crippen molar-refractivity contribution in [2.45, 2.75) is 13.5 Å². The van der Waals surface area contributed by atoms with Crippen molar-refractivity contribution in [1.82, 2.24) is 4.90 Å². The Kier molecular flexibility index (Phi) is 5.25. The number of halogens is 1. The van der Waals surface area contributed by atoms with Crippen LogP contribution in [0, 0.1) is 6.92 Å². The number of ether oxygens (including phenoxy) is 1. The maximum absolute atomic E-state index is 5.83. The van der Waals surface area contributed by atoms with Crippen LogP contribution >= 0.6 is 22.9 Å². The molecule has 2 aromatic rings. The van der Waals surface area contributed by atoms with Gasteiger partial charge in [0.05, 0.1) is 0 Å². The lowest BCUT2D eigenvalue weighted by molar-refractivity contribution is 0.234. The molecule has 0 aliphatic rings. The molecule has 4 heteroatoms. The molecule has 0 aliphatic heterocycles. The van der Waals surface area contributed by atoms with Gasteiger partial charge in [-0.1, -0.05) is 11.6 Å². The Labute approximate surface area is 123 Å². The second-order valence-corrected chi connectivity index (χ2v) is 6.00. The van der Waals surface area contributed by atoms with Crippen molar-refractivity contribution < 1.29 is 4.74 Å². The monoisotopic (exact) mass is 295 g/mol. The summed E-state index contributed by atoms with van der Waals surface area (Å²) in [5.41, 5.74) is 1.37. The molecule has 1 aromatic heterocycles. The molecule has 0 saturated heterocycles. The first-order valence-electron chi connectivity index (χ1n) is 6.25. The van der Waals surface area contributed by atoms with Crippen molar-refractivity contribution in [2.75, 3.05) is 20.2 Å². The van der Waals surface area contributed by atoms with E-state index in [9.17, 15) is 0 Å². The van der Waals surface area contributed by atoms with Crippen molar-refractivity contribution >= 4 is 22.9 Å². The average Bonchev–Trinajstić information content (AvgIpc) is 2.78. The van der Waals surface area contributed by atoms with Gasteiger partial charge in [0.1, 0.15) is 12.4 Å². The van der Waals surface area contributed by atoms with Crippen LogP contribution in [-0.2, 0) is 6.54 Å². The number of nitrogens with zero attached hydrogens (tertiary/aromatic N) is 1. The summed E-state index contributed by atoms with van der Waals surface area (Å²) < 4.78 is 5.68. The number of rotatable bonds is 6. The van der Waals surface area contributed by atoms with Gasteiger partial charge in [0.15, 0.2) is 0 Å². The predicted molar refractivity (Wildman–Crippen MR) is 82.3 cm³/mol. The van der Waals surface area contributed by atoms with Gasteiger partial charge in [-0.3, -0.25) is 4.90 Å². The Morgan fingerprint density at radius 3 is 2.58 bits per heavy atom. The van der Waals surface area contributed by atoms with Crippen LogP contribution in [0.15, 0.2) is 35.7 Å². The van der Waals surface area contributed by atoms with Crippen molar-refractivity contribution in [2.24, 2.45) is 0 Å². The van der Waals surface area contributed by atoms with Gasteiger partial charge in [0.25, 0.3) is 0 Å². The molecule has 0 spiro atoms. The van der Waals surface area contributed by atoms with Gasteiger partial charge in [-0.15, -0.1) is 11.3 Å². The second-order valence-electron chi connectivity index (χ2n) is 4.57. The lowest BCUT2D eigenvalue weighted by Gasteiger charge is -2.16. The van der Waals surface area contributed by atoms with Crippen LogP contribution in [0.2, 0.25) is 5.02 Å². The minimum absolute atomic E-state index is 0.683. The number of aryl methyl sites for hydroxylation is 1. The van der Waals surface area contributed by atoms with Crippen LogP contribution in [0.25, 0.3) is 0 Å². The van der Waals surface area contributed by atoms with E-state index in [4.69, 9.17) is 16.3 Å². The van der Waals surface area contributed by atoms with Crippen LogP contribution in [0.4, 0.5) is 0 Å². The van der Waals surface area contributed by atoms with Crippen LogP contribution < -0.4 is 4.74 Å². The summed E-state index contributed by atoms with van der Waals surface area (Å²) in [6.07, 6.45) is 0. The number of hydrogen-bond acceptors (Lipinski definition) is 3. The van der Waals surface area contributed by atoms with E-state index in [1.807, 2.05) is 35.6 Å². The van der Waals surface area contributed by atoms with Crippen LogP contribution in [0.5, 0.6) is 5.75 Å². The molecule has 0 N–H and O–H groups in total. The van der Waals surface area contributed by atoms with Crippen molar-refractivity contribution in [3.63, 3.8) is 0 Å². The molecular formula is C15H18ClNOS. The van der Waals surface area contributed by atoms with Gasteiger partial charge in [-0.05, 0) is 55.2 Å². The summed E-state index contributed by atoms with van der Waals surface area (Å²) in [6, 6.07) is 9.64. The highest BCUT2D eigenvalue weighted by molar-refractivity contribution is 7.10. The first-order chi connectivity index (χ1) is 9.15. The van der Waals surface area contributed by atoms with E-state index in [1.165, 1.54) is 10.4 Å². The molecule has 0 radical (unpaired) electrons. The third kappa shape index (κ3) is 4.53. The molecular weight excluding hydrogens is 278 g/mol. The van der Waals surface area contributed by atoms with E-state index >= 15 is 0 Å². The molecule has 0 bridgehead atoms. The Hall–Kier alpha value is -1.03. The standard InChI is InChI=1S/C15H18ClNOS/c1-12-7-10-19-15(12)11-17(2)8-9-18-14-5-3-13(16)4-6-14/h3-7,10H,8-9,11H2,1-2H3. The topological polar surface area (TPSA) is 12.5 Å². The molecule has 0 aliphatic carbocycles. The fourth-order valence-electron chi connectivity index (χ4n) is 1.74. The quantitative estimate of drug-likeness (QED) is 0.791. The molecule has 0 saturated carbocycles. The third-order valence-electron chi connectivity index (χ3n) is 2.94. The summed E-state index contributed by atoms with van der Waals surface area (Å²) in [5, 5.41) is 2.88. The van der Waals surface area contributed by atoms with Gasteiger partial charge in [-0.25, -0.2) is 0 Å². The zero-order valence-electron chi connectivity index (χ0n) is 11.2.